The van der Waals surface area contributed by atoms with Gasteiger partial charge in [-0.3, -0.25) is 9.48 Å². The third-order valence-electron chi connectivity index (χ3n) is 3.28. The standard InChI is InChI=1S/C14H23N3O3/c1-5-10-7-12(17(6-2)16-10)13(18)15-8-11-9-19-14(3,4)20-11/h7,11H,5-6,8-9H2,1-4H3,(H,15,18). The van der Waals surface area contributed by atoms with Crippen LogP contribution in [0.3, 0.4) is 0 Å². The summed E-state index contributed by atoms with van der Waals surface area (Å²) in [6, 6.07) is 1.84. The molecule has 0 bridgehead atoms. The minimum atomic E-state index is -0.560. The Kier molecular flexibility index (Phi) is 4.45. The summed E-state index contributed by atoms with van der Waals surface area (Å²) in [6.45, 7) is 9.36. The fourth-order valence-corrected chi connectivity index (χ4v) is 2.23. The zero-order valence-electron chi connectivity index (χ0n) is 12.6. The lowest BCUT2D eigenvalue weighted by molar-refractivity contribution is -0.137. The molecule has 1 amide bonds. The lowest BCUT2D eigenvalue weighted by Gasteiger charge is -2.17. The summed E-state index contributed by atoms with van der Waals surface area (Å²) in [5.41, 5.74) is 1.53. The summed E-state index contributed by atoms with van der Waals surface area (Å²) in [7, 11) is 0. The molecule has 1 unspecified atom stereocenters. The lowest BCUT2D eigenvalue weighted by Crippen LogP contribution is -2.35. The van der Waals surface area contributed by atoms with Gasteiger partial charge < -0.3 is 14.8 Å². The zero-order valence-corrected chi connectivity index (χ0v) is 12.6. The number of carbonyl (C=O) groups excluding carboxylic acids is 1. The van der Waals surface area contributed by atoms with Gasteiger partial charge >= 0.3 is 0 Å². The van der Waals surface area contributed by atoms with E-state index in [-0.39, 0.29) is 12.0 Å². The van der Waals surface area contributed by atoms with Gasteiger partial charge in [-0.2, -0.15) is 5.10 Å². The van der Waals surface area contributed by atoms with Gasteiger partial charge in [0.1, 0.15) is 11.8 Å². The molecular weight excluding hydrogens is 258 g/mol. The molecule has 1 aromatic heterocycles. The van der Waals surface area contributed by atoms with E-state index in [2.05, 4.69) is 10.4 Å². The first-order valence-electron chi connectivity index (χ1n) is 7.12. The van der Waals surface area contributed by atoms with E-state index in [4.69, 9.17) is 9.47 Å². The van der Waals surface area contributed by atoms with Crippen molar-refractivity contribution in [2.24, 2.45) is 0 Å². The van der Waals surface area contributed by atoms with E-state index in [0.29, 0.717) is 25.4 Å². The molecule has 6 nitrogen and oxygen atoms in total. The Balaban J connectivity index is 1.93. The summed E-state index contributed by atoms with van der Waals surface area (Å²) >= 11 is 0. The Morgan fingerprint density at radius 3 is 2.85 bits per heavy atom. The van der Waals surface area contributed by atoms with E-state index in [0.717, 1.165) is 12.1 Å². The van der Waals surface area contributed by atoms with Gasteiger partial charge in [-0.05, 0) is 33.3 Å². The number of nitrogens with one attached hydrogen (secondary N) is 1. The van der Waals surface area contributed by atoms with E-state index in [1.165, 1.54) is 0 Å². The second kappa shape index (κ2) is 5.93. The quantitative estimate of drug-likeness (QED) is 0.884. The molecule has 1 N–H and O–H groups in total. The third-order valence-corrected chi connectivity index (χ3v) is 3.28. The molecule has 1 saturated heterocycles. The summed E-state index contributed by atoms with van der Waals surface area (Å²) in [6.07, 6.45) is 0.721. The highest BCUT2D eigenvalue weighted by molar-refractivity contribution is 5.92. The first-order chi connectivity index (χ1) is 9.45. The predicted octanol–water partition coefficient (Wildman–Crippen LogP) is 1.35. The van der Waals surface area contributed by atoms with Crippen molar-refractivity contribution in [2.45, 2.75) is 52.6 Å². The molecule has 0 saturated carbocycles. The zero-order chi connectivity index (χ0) is 14.8. The maximum Gasteiger partial charge on any atom is 0.269 e. The first-order valence-corrected chi connectivity index (χ1v) is 7.12. The number of rotatable bonds is 5. The van der Waals surface area contributed by atoms with Crippen LogP contribution >= 0.6 is 0 Å². The van der Waals surface area contributed by atoms with Crippen molar-refractivity contribution >= 4 is 5.91 Å². The van der Waals surface area contributed by atoms with Crippen LogP contribution in [-0.4, -0.2) is 40.7 Å². The average Bonchev–Trinajstić information content (AvgIpc) is 2.98. The third kappa shape index (κ3) is 3.37. The Morgan fingerprint density at radius 2 is 2.30 bits per heavy atom. The molecule has 1 aliphatic heterocycles. The Morgan fingerprint density at radius 1 is 1.55 bits per heavy atom. The molecule has 6 heteroatoms. The number of aromatic nitrogens is 2. The van der Waals surface area contributed by atoms with Crippen LogP contribution in [-0.2, 0) is 22.4 Å². The van der Waals surface area contributed by atoms with E-state index in [1.807, 2.05) is 33.8 Å². The molecular formula is C14H23N3O3. The van der Waals surface area contributed by atoms with Crippen molar-refractivity contribution in [1.29, 1.82) is 0 Å². The van der Waals surface area contributed by atoms with Crippen LogP contribution < -0.4 is 5.32 Å². The van der Waals surface area contributed by atoms with Gasteiger partial charge in [0, 0.05) is 13.1 Å². The topological polar surface area (TPSA) is 65.4 Å². The SMILES string of the molecule is CCc1cc(C(=O)NCC2COC(C)(C)O2)n(CC)n1. The van der Waals surface area contributed by atoms with Gasteiger partial charge in [-0.25, -0.2) is 0 Å². The molecule has 1 fully saturated rings. The number of ether oxygens (including phenoxy) is 2. The van der Waals surface area contributed by atoms with Gasteiger partial charge in [-0.1, -0.05) is 6.92 Å². The second-order valence-corrected chi connectivity index (χ2v) is 5.35. The molecule has 1 atom stereocenters. The highest BCUT2D eigenvalue weighted by atomic mass is 16.7. The lowest BCUT2D eigenvalue weighted by atomic mass is 10.3. The van der Waals surface area contributed by atoms with Crippen molar-refractivity contribution in [3.8, 4) is 0 Å². The van der Waals surface area contributed by atoms with Crippen molar-refractivity contribution in [1.82, 2.24) is 15.1 Å². The van der Waals surface area contributed by atoms with Gasteiger partial charge in [-0.15, -0.1) is 0 Å². The minimum absolute atomic E-state index is 0.0995. The first kappa shape index (κ1) is 15.0. The molecule has 0 aliphatic carbocycles. The molecule has 2 rings (SSSR count). The van der Waals surface area contributed by atoms with Gasteiger partial charge in [0.15, 0.2) is 5.79 Å². The summed E-state index contributed by atoms with van der Waals surface area (Å²) in [5, 5.41) is 7.26. The van der Waals surface area contributed by atoms with Crippen LogP contribution in [0.5, 0.6) is 0 Å². The molecule has 1 aromatic rings. The number of aryl methyl sites for hydroxylation is 2. The molecule has 112 valence electrons. The van der Waals surface area contributed by atoms with E-state index < -0.39 is 5.79 Å². The summed E-state index contributed by atoms with van der Waals surface area (Å²) < 4.78 is 12.9. The smallest absolute Gasteiger partial charge is 0.269 e. The number of nitrogens with zero attached hydrogens (tertiary/aromatic N) is 2. The fraction of sp³-hybridized carbons (Fsp3) is 0.714. The second-order valence-electron chi connectivity index (χ2n) is 5.35. The highest BCUT2D eigenvalue weighted by Crippen LogP contribution is 2.21. The van der Waals surface area contributed by atoms with Crippen LogP contribution in [0.25, 0.3) is 0 Å². The Bertz CT molecular complexity index is 482. The molecule has 0 radical (unpaired) electrons. The number of hydrogen-bond acceptors (Lipinski definition) is 4. The van der Waals surface area contributed by atoms with Crippen LogP contribution in [0.2, 0.25) is 0 Å². The molecule has 0 aromatic carbocycles. The van der Waals surface area contributed by atoms with Crippen molar-refractivity contribution in [3.05, 3.63) is 17.5 Å². The van der Waals surface area contributed by atoms with Crippen molar-refractivity contribution < 1.29 is 14.3 Å². The van der Waals surface area contributed by atoms with E-state index in [9.17, 15) is 4.79 Å². The number of amides is 1. The number of hydrogen-bond donors (Lipinski definition) is 1. The van der Waals surface area contributed by atoms with Gasteiger partial charge in [0.2, 0.25) is 0 Å². The number of carbonyl (C=O) groups is 1. The maximum atomic E-state index is 12.2. The van der Waals surface area contributed by atoms with E-state index in [1.54, 1.807) is 4.68 Å². The predicted molar refractivity (Wildman–Crippen MR) is 74.5 cm³/mol. The Hall–Kier alpha value is -1.40. The van der Waals surface area contributed by atoms with Crippen LogP contribution in [0.4, 0.5) is 0 Å². The maximum absolute atomic E-state index is 12.2. The van der Waals surface area contributed by atoms with Crippen LogP contribution in [0.1, 0.15) is 43.9 Å². The van der Waals surface area contributed by atoms with Crippen LogP contribution in [0, 0.1) is 0 Å². The van der Waals surface area contributed by atoms with Crippen LogP contribution in [0.15, 0.2) is 6.07 Å². The minimum Gasteiger partial charge on any atom is -0.348 e. The van der Waals surface area contributed by atoms with Crippen molar-refractivity contribution in [3.63, 3.8) is 0 Å². The van der Waals surface area contributed by atoms with Crippen molar-refractivity contribution in [2.75, 3.05) is 13.2 Å². The normalized spacial score (nSPS) is 21.1. The largest absolute Gasteiger partial charge is 0.348 e. The van der Waals surface area contributed by atoms with E-state index >= 15 is 0 Å². The average molecular weight is 281 g/mol. The molecule has 2 heterocycles. The summed E-state index contributed by atoms with van der Waals surface area (Å²) in [5.74, 6) is -0.678. The molecule has 1 aliphatic rings. The van der Waals surface area contributed by atoms with Gasteiger partial charge in [0.25, 0.3) is 5.91 Å². The summed E-state index contributed by atoms with van der Waals surface area (Å²) in [4.78, 5) is 12.2. The molecule has 20 heavy (non-hydrogen) atoms. The Labute approximate surface area is 119 Å². The monoisotopic (exact) mass is 281 g/mol. The highest BCUT2D eigenvalue weighted by Gasteiger charge is 2.32. The molecule has 0 spiro atoms. The van der Waals surface area contributed by atoms with Gasteiger partial charge in [0.05, 0.1) is 12.3 Å². The fourth-order valence-electron chi connectivity index (χ4n) is 2.23.